The van der Waals surface area contributed by atoms with Gasteiger partial charge >= 0.3 is 0 Å². The Hall–Kier alpha value is -3.07. The molecule has 1 unspecified atom stereocenters. The van der Waals surface area contributed by atoms with Gasteiger partial charge in [0.1, 0.15) is 0 Å². The van der Waals surface area contributed by atoms with Crippen LogP contribution in [0.1, 0.15) is 31.9 Å². The van der Waals surface area contributed by atoms with Crippen molar-refractivity contribution in [3.05, 3.63) is 47.7 Å². The summed E-state index contributed by atoms with van der Waals surface area (Å²) in [4.78, 5) is 25.0. The van der Waals surface area contributed by atoms with Gasteiger partial charge in [-0.3, -0.25) is 14.2 Å². The fraction of sp³-hybridized carbons (Fsp3) is 0.391. The molecule has 0 aliphatic heterocycles. The van der Waals surface area contributed by atoms with Gasteiger partial charge in [-0.05, 0) is 49.9 Å². The van der Waals surface area contributed by atoms with Gasteiger partial charge in [0.05, 0.1) is 18.1 Å². The number of aromatic nitrogens is 3. The third-order valence-electron chi connectivity index (χ3n) is 4.83. The summed E-state index contributed by atoms with van der Waals surface area (Å²) < 4.78 is 7.45. The number of hydrogen-bond acceptors (Lipinski definition) is 6. The van der Waals surface area contributed by atoms with Gasteiger partial charge in [-0.1, -0.05) is 43.8 Å². The number of hydrogen-bond donors (Lipinski definition) is 2. The first-order valence-electron chi connectivity index (χ1n) is 10.5. The summed E-state index contributed by atoms with van der Waals surface area (Å²) in [5.74, 6) is 1.11. The minimum absolute atomic E-state index is 0.103. The van der Waals surface area contributed by atoms with Gasteiger partial charge in [0, 0.05) is 12.2 Å². The maximum absolute atomic E-state index is 12.6. The summed E-state index contributed by atoms with van der Waals surface area (Å²) in [7, 11) is 0. The number of para-hydroxylation sites is 1. The molecule has 170 valence electrons. The van der Waals surface area contributed by atoms with Crippen molar-refractivity contribution in [3.8, 4) is 11.6 Å². The molecule has 0 saturated carbocycles. The molecule has 0 spiro atoms. The van der Waals surface area contributed by atoms with Crippen molar-refractivity contribution >= 4 is 29.3 Å². The van der Waals surface area contributed by atoms with Crippen molar-refractivity contribution in [3.63, 3.8) is 0 Å². The Kier molecular flexibility index (Phi) is 7.74. The minimum Gasteiger partial charge on any atom is -0.461 e. The fourth-order valence-electron chi connectivity index (χ4n) is 3.21. The molecule has 32 heavy (non-hydrogen) atoms. The van der Waals surface area contributed by atoms with Crippen LogP contribution in [-0.2, 0) is 16.1 Å². The number of carbonyl (C=O) groups is 2. The maximum Gasteiger partial charge on any atom is 0.243 e. The summed E-state index contributed by atoms with van der Waals surface area (Å²) in [6, 6.07) is 9.45. The second-order valence-electron chi connectivity index (χ2n) is 8.08. The van der Waals surface area contributed by atoms with Crippen molar-refractivity contribution in [1.82, 2.24) is 20.1 Å². The smallest absolute Gasteiger partial charge is 0.243 e. The third-order valence-corrected chi connectivity index (χ3v) is 5.91. The van der Waals surface area contributed by atoms with E-state index >= 15 is 0 Å². The van der Waals surface area contributed by atoms with Gasteiger partial charge in [-0.25, -0.2) is 0 Å². The predicted octanol–water partition coefficient (Wildman–Crippen LogP) is 4.05. The highest BCUT2D eigenvalue weighted by Crippen LogP contribution is 2.28. The molecule has 2 aromatic heterocycles. The predicted molar refractivity (Wildman–Crippen MR) is 125 cm³/mol. The Morgan fingerprint density at radius 1 is 1.09 bits per heavy atom. The lowest BCUT2D eigenvalue weighted by Gasteiger charge is -2.15. The van der Waals surface area contributed by atoms with E-state index in [9.17, 15) is 9.59 Å². The van der Waals surface area contributed by atoms with Gasteiger partial charge in [-0.15, -0.1) is 10.2 Å². The molecule has 9 heteroatoms. The van der Waals surface area contributed by atoms with Crippen LogP contribution >= 0.6 is 11.8 Å². The number of rotatable bonds is 9. The Balaban J connectivity index is 1.61. The summed E-state index contributed by atoms with van der Waals surface area (Å²) in [6.07, 6.45) is 1.59. The SMILES string of the molecule is Cc1cccc(C)c1NC(=O)CNC(=O)C(C)Sc1nnc(-c2ccco2)n1CC(C)C. The van der Waals surface area contributed by atoms with Crippen LogP contribution in [0.15, 0.2) is 46.2 Å². The average molecular weight is 456 g/mol. The topological polar surface area (TPSA) is 102 Å². The second-order valence-corrected chi connectivity index (χ2v) is 9.39. The largest absolute Gasteiger partial charge is 0.461 e. The first kappa shape index (κ1) is 23.6. The molecule has 0 saturated heterocycles. The zero-order valence-electron chi connectivity index (χ0n) is 19.0. The fourth-order valence-corrected chi connectivity index (χ4v) is 4.09. The highest BCUT2D eigenvalue weighted by molar-refractivity contribution is 8.00. The third kappa shape index (κ3) is 5.79. The lowest BCUT2D eigenvalue weighted by Crippen LogP contribution is -2.37. The number of furan rings is 1. The molecule has 0 aliphatic rings. The van der Waals surface area contributed by atoms with E-state index in [0.29, 0.717) is 29.2 Å². The van der Waals surface area contributed by atoms with Crippen molar-refractivity contribution in [2.45, 2.75) is 51.6 Å². The normalized spacial score (nSPS) is 12.1. The quantitative estimate of drug-likeness (QED) is 0.472. The molecule has 1 aromatic carbocycles. The van der Waals surface area contributed by atoms with Crippen LogP contribution in [0.2, 0.25) is 0 Å². The van der Waals surface area contributed by atoms with E-state index in [-0.39, 0.29) is 18.4 Å². The molecule has 0 aliphatic carbocycles. The average Bonchev–Trinajstić information content (AvgIpc) is 3.39. The molecule has 0 fully saturated rings. The summed E-state index contributed by atoms with van der Waals surface area (Å²) in [5, 5.41) is 14.3. The molecule has 0 radical (unpaired) electrons. The van der Waals surface area contributed by atoms with E-state index in [0.717, 1.165) is 16.8 Å². The van der Waals surface area contributed by atoms with E-state index in [4.69, 9.17) is 4.42 Å². The van der Waals surface area contributed by atoms with Crippen molar-refractivity contribution in [2.24, 2.45) is 5.92 Å². The molecule has 3 rings (SSSR count). The molecule has 2 heterocycles. The standard InChI is InChI=1S/C23H29N5O3S/c1-14(2)13-28-21(18-10-7-11-31-18)26-27-23(28)32-17(5)22(30)24-12-19(29)25-20-15(3)8-6-9-16(20)4/h6-11,14,17H,12-13H2,1-5H3,(H,24,30)(H,25,29). The molecule has 2 amide bonds. The lowest BCUT2D eigenvalue weighted by atomic mass is 10.1. The Morgan fingerprint density at radius 3 is 2.44 bits per heavy atom. The van der Waals surface area contributed by atoms with Gasteiger partial charge in [-0.2, -0.15) is 0 Å². The Labute approximate surface area is 192 Å². The van der Waals surface area contributed by atoms with Gasteiger partial charge < -0.3 is 15.1 Å². The zero-order chi connectivity index (χ0) is 23.3. The minimum atomic E-state index is -0.456. The van der Waals surface area contributed by atoms with Crippen LogP contribution in [0.5, 0.6) is 0 Å². The molecule has 2 N–H and O–H groups in total. The molecule has 0 bridgehead atoms. The summed E-state index contributed by atoms with van der Waals surface area (Å²) >= 11 is 1.30. The Morgan fingerprint density at radius 2 is 1.81 bits per heavy atom. The van der Waals surface area contributed by atoms with Gasteiger partial charge in [0.15, 0.2) is 16.7 Å². The van der Waals surface area contributed by atoms with Crippen molar-refractivity contribution < 1.29 is 14.0 Å². The summed E-state index contributed by atoms with van der Waals surface area (Å²) in [5.41, 5.74) is 2.73. The first-order valence-corrected chi connectivity index (χ1v) is 11.4. The first-order chi connectivity index (χ1) is 15.3. The van der Waals surface area contributed by atoms with Crippen LogP contribution in [-0.4, -0.2) is 38.4 Å². The van der Waals surface area contributed by atoms with E-state index in [2.05, 4.69) is 34.7 Å². The number of aryl methyl sites for hydroxylation is 2. The van der Waals surface area contributed by atoms with E-state index in [1.165, 1.54) is 11.8 Å². The van der Waals surface area contributed by atoms with Crippen LogP contribution in [0, 0.1) is 19.8 Å². The highest BCUT2D eigenvalue weighted by Gasteiger charge is 2.22. The van der Waals surface area contributed by atoms with Gasteiger partial charge in [0.25, 0.3) is 0 Å². The number of nitrogens with zero attached hydrogens (tertiary/aromatic N) is 3. The van der Waals surface area contributed by atoms with E-state index in [1.54, 1.807) is 19.3 Å². The lowest BCUT2D eigenvalue weighted by molar-refractivity contribution is -0.123. The molecule has 3 aromatic rings. The Bertz CT molecular complexity index is 1060. The maximum atomic E-state index is 12.6. The van der Waals surface area contributed by atoms with Crippen LogP contribution < -0.4 is 10.6 Å². The number of benzene rings is 1. The zero-order valence-corrected chi connectivity index (χ0v) is 19.8. The molecule has 8 nitrogen and oxygen atoms in total. The van der Waals surface area contributed by atoms with E-state index < -0.39 is 5.25 Å². The number of anilines is 1. The second kappa shape index (κ2) is 10.5. The monoisotopic (exact) mass is 455 g/mol. The van der Waals surface area contributed by atoms with E-state index in [1.807, 2.05) is 42.7 Å². The number of nitrogens with one attached hydrogen (secondary N) is 2. The van der Waals surface area contributed by atoms with Crippen LogP contribution in [0.25, 0.3) is 11.6 Å². The molecular weight excluding hydrogens is 426 g/mol. The summed E-state index contributed by atoms with van der Waals surface area (Å²) in [6.45, 7) is 10.4. The number of amides is 2. The van der Waals surface area contributed by atoms with Crippen molar-refractivity contribution in [1.29, 1.82) is 0 Å². The van der Waals surface area contributed by atoms with Crippen molar-refractivity contribution in [2.75, 3.05) is 11.9 Å². The number of carbonyl (C=O) groups excluding carboxylic acids is 2. The molecule has 1 atom stereocenters. The van der Waals surface area contributed by atoms with Crippen LogP contribution in [0.3, 0.4) is 0 Å². The number of thioether (sulfide) groups is 1. The highest BCUT2D eigenvalue weighted by atomic mass is 32.2. The van der Waals surface area contributed by atoms with Gasteiger partial charge in [0.2, 0.25) is 11.8 Å². The van der Waals surface area contributed by atoms with Crippen LogP contribution in [0.4, 0.5) is 5.69 Å². The molecular formula is C23H29N5O3S.